The summed E-state index contributed by atoms with van der Waals surface area (Å²) in [5.41, 5.74) is 13.2. The number of benzene rings is 1. The molecule has 0 spiro atoms. The largest absolute Gasteiger partial charge is 0.310 e. The Kier molecular flexibility index (Phi) is 3.53. The quantitative estimate of drug-likeness (QED) is 0.756. The van der Waals surface area contributed by atoms with Gasteiger partial charge in [-0.3, -0.25) is 0 Å². The SMILES string of the molecule is CCc1c(Cl)cccc1C(N)(N)CC. The predicted octanol–water partition coefficient (Wildman–Crippen LogP) is 2.38. The molecule has 0 radical (unpaired) electrons. The van der Waals surface area contributed by atoms with E-state index >= 15 is 0 Å². The highest BCUT2D eigenvalue weighted by Gasteiger charge is 2.22. The highest BCUT2D eigenvalue weighted by atomic mass is 35.5. The molecule has 3 heteroatoms. The zero-order chi connectivity index (χ0) is 10.8. The van der Waals surface area contributed by atoms with Crippen LogP contribution in [0.4, 0.5) is 0 Å². The number of nitrogens with two attached hydrogens (primary N) is 2. The van der Waals surface area contributed by atoms with Gasteiger partial charge < -0.3 is 11.5 Å². The van der Waals surface area contributed by atoms with Gasteiger partial charge in [0.2, 0.25) is 0 Å². The van der Waals surface area contributed by atoms with Crippen LogP contribution in [-0.4, -0.2) is 0 Å². The molecule has 0 aliphatic heterocycles. The van der Waals surface area contributed by atoms with Crippen molar-refractivity contribution in [1.29, 1.82) is 0 Å². The first kappa shape index (κ1) is 11.5. The molecule has 0 aliphatic carbocycles. The van der Waals surface area contributed by atoms with Gasteiger partial charge in [-0.25, -0.2) is 0 Å². The first-order chi connectivity index (χ1) is 6.53. The molecule has 1 aromatic rings. The Morgan fingerprint density at radius 2 is 1.93 bits per heavy atom. The third-order valence-corrected chi connectivity index (χ3v) is 2.91. The summed E-state index contributed by atoms with van der Waals surface area (Å²) in [6.45, 7) is 4.02. The number of hydrogen-bond donors (Lipinski definition) is 2. The van der Waals surface area contributed by atoms with Crippen LogP contribution in [0.3, 0.4) is 0 Å². The van der Waals surface area contributed by atoms with Crippen molar-refractivity contribution in [1.82, 2.24) is 0 Å². The first-order valence-electron chi connectivity index (χ1n) is 4.88. The van der Waals surface area contributed by atoms with E-state index < -0.39 is 5.66 Å². The maximum atomic E-state index is 6.08. The van der Waals surface area contributed by atoms with Gasteiger partial charge in [0.05, 0.1) is 5.66 Å². The predicted molar refractivity (Wildman–Crippen MR) is 61.2 cm³/mol. The van der Waals surface area contributed by atoms with Crippen LogP contribution in [0.25, 0.3) is 0 Å². The lowest BCUT2D eigenvalue weighted by Crippen LogP contribution is -2.46. The maximum Gasteiger partial charge on any atom is 0.0899 e. The topological polar surface area (TPSA) is 52.0 Å². The van der Waals surface area contributed by atoms with Crippen molar-refractivity contribution in [2.24, 2.45) is 11.5 Å². The van der Waals surface area contributed by atoms with E-state index in [1.165, 1.54) is 0 Å². The molecule has 0 atom stereocenters. The number of rotatable bonds is 3. The zero-order valence-electron chi connectivity index (χ0n) is 8.68. The Bertz CT molecular complexity index is 321. The fourth-order valence-corrected chi connectivity index (χ4v) is 1.85. The highest BCUT2D eigenvalue weighted by Crippen LogP contribution is 2.27. The van der Waals surface area contributed by atoms with Gasteiger partial charge in [-0.05, 0) is 30.0 Å². The molecule has 1 rings (SSSR count). The Balaban J connectivity index is 3.27. The van der Waals surface area contributed by atoms with Gasteiger partial charge in [0.1, 0.15) is 0 Å². The van der Waals surface area contributed by atoms with Crippen molar-refractivity contribution in [3.63, 3.8) is 0 Å². The molecule has 0 bridgehead atoms. The molecule has 2 nitrogen and oxygen atoms in total. The lowest BCUT2D eigenvalue weighted by molar-refractivity contribution is 0.444. The standard InChI is InChI=1S/C11H17ClN2/c1-3-8-9(11(13,14)4-2)6-5-7-10(8)12/h5-7H,3-4,13-14H2,1-2H3. The Labute approximate surface area is 90.2 Å². The van der Waals surface area contributed by atoms with Crippen LogP contribution in [0, 0.1) is 0 Å². The van der Waals surface area contributed by atoms with Crippen LogP contribution in [0.5, 0.6) is 0 Å². The Hall–Kier alpha value is -0.570. The zero-order valence-corrected chi connectivity index (χ0v) is 9.43. The Morgan fingerprint density at radius 3 is 2.43 bits per heavy atom. The Morgan fingerprint density at radius 1 is 1.29 bits per heavy atom. The second kappa shape index (κ2) is 4.30. The van der Waals surface area contributed by atoms with E-state index in [2.05, 4.69) is 6.92 Å². The van der Waals surface area contributed by atoms with Crippen molar-refractivity contribution in [3.05, 3.63) is 34.3 Å². The smallest absolute Gasteiger partial charge is 0.0899 e. The maximum absolute atomic E-state index is 6.08. The number of hydrogen-bond acceptors (Lipinski definition) is 2. The van der Waals surface area contributed by atoms with Crippen LogP contribution >= 0.6 is 11.6 Å². The molecule has 0 amide bonds. The molecule has 0 aliphatic rings. The van der Waals surface area contributed by atoms with E-state index in [0.29, 0.717) is 6.42 Å². The van der Waals surface area contributed by atoms with Crippen molar-refractivity contribution >= 4 is 11.6 Å². The summed E-state index contributed by atoms with van der Waals surface area (Å²) in [4.78, 5) is 0. The molecule has 78 valence electrons. The summed E-state index contributed by atoms with van der Waals surface area (Å²) in [7, 11) is 0. The molecule has 14 heavy (non-hydrogen) atoms. The van der Waals surface area contributed by atoms with E-state index in [9.17, 15) is 0 Å². The van der Waals surface area contributed by atoms with Gasteiger partial charge in [0.15, 0.2) is 0 Å². The molecule has 0 saturated heterocycles. The third kappa shape index (κ3) is 2.08. The summed E-state index contributed by atoms with van der Waals surface area (Å²) in [6.07, 6.45) is 1.55. The third-order valence-electron chi connectivity index (χ3n) is 2.56. The molecular formula is C11H17ClN2. The lowest BCUT2D eigenvalue weighted by Gasteiger charge is -2.26. The summed E-state index contributed by atoms with van der Waals surface area (Å²) in [6, 6.07) is 5.71. The van der Waals surface area contributed by atoms with Crippen LogP contribution in [0.15, 0.2) is 18.2 Å². The van der Waals surface area contributed by atoms with Crippen molar-refractivity contribution in [2.75, 3.05) is 0 Å². The number of halogens is 1. The van der Waals surface area contributed by atoms with E-state index in [0.717, 1.165) is 22.6 Å². The van der Waals surface area contributed by atoms with Crippen LogP contribution in [-0.2, 0) is 12.1 Å². The first-order valence-corrected chi connectivity index (χ1v) is 5.26. The van der Waals surface area contributed by atoms with Gasteiger partial charge in [-0.15, -0.1) is 0 Å². The van der Waals surface area contributed by atoms with Crippen LogP contribution in [0.1, 0.15) is 31.4 Å². The molecule has 0 aromatic heterocycles. The summed E-state index contributed by atoms with van der Waals surface area (Å²) in [5, 5.41) is 0.749. The average molecular weight is 213 g/mol. The van der Waals surface area contributed by atoms with Crippen molar-refractivity contribution in [2.45, 2.75) is 32.4 Å². The monoisotopic (exact) mass is 212 g/mol. The van der Waals surface area contributed by atoms with Gasteiger partial charge in [-0.2, -0.15) is 0 Å². The summed E-state index contributed by atoms with van der Waals surface area (Å²) >= 11 is 6.08. The molecule has 0 heterocycles. The lowest BCUT2D eigenvalue weighted by atomic mass is 9.92. The van der Waals surface area contributed by atoms with E-state index in [1.807, 2.05) is 25.1 Å². The molecule has 4 N–H and O–H groups in total. The van der Waals surface area contributed by atoms with Crippen LogP contribution < -0.4 is 11.5 Å². The minimum absolute atomic E-state index is 0.695. The second-order valence-electron chi connectivity index (χ2n) is 3.51. The molecular weight excluding hydrogens is 196 g/mol. The van der Waals surface area contributed by atoms with Gasteiger partial charge in [0.25, 0.3) is 0 Å². The minimum atomic E-state index is -0.768. The summed E-state index contributed by atoms with van der Waals surface area (Å²) in [5.74, 6) is 0. The van der Waals surface area contributed by atoms with Gasteiger partial charge in [0, 0.05) is 5.02 Å². The van der Waals surface area contributed by atoms with Crippen molar-refractivity contribution < 1.29 is 0 Å². The summed E-state index contributed by atoms with van der Waals surface area (Å²) < 4.78 is 0. The average Bonchev–Trinajstić information content (AvgIpc) is 2.17. The van der Waals surface area contributed by atoms with Gasteiger partial charge in [-0.1, -0.05) is 37.6 Å². The van der Waals surface area contributed by atoms with Crippen molar-refractivity contribution in [3.8, 4) is 0 Å². The van der Waals surface area contributed by atoms with E-state index in [1.54, 1.807) is 0 Å². The second-order valence-corrected chi connectivity index (χ2v) is 3.92. The highest BCUT2D eigenvalue weighted by molar-refractivity contribution is 6.31. The molecule has 0 fully saturated rings. The van der Waals surface area contributed by atoms with E-state index in [-0.39, 0.29) is 0 Å². The molecule has 0 unspecified atom stereocenters. The van der Waals surface area contributed by atoms with E-state index in [4.69, 9.17) is 23.1 Å². The molecule has 1 aromatic carbocycles. The van der Waals surface area contributed by atoms with Crippen LogP contribution in [0.2, 0.25) is 5.02 Å². The normalized spacial score (nSPS) is 11.8. The fourth-order valence-electron chi connectivity index (χ4n) is 1.54. The van der Waals surface area contributed by atoms with Gasteiger partial charge >= 0.3 is 0 Å². The minimum Gasteiger partial charge on any atom is -0.310 e. The molecule has 0 saturated carbocycles. The fraction of sp³-hybridized carbons (Fsp3) is 0.455.